The summed E-state index contributed by atoms with van der Waals surface area (Å²) in [7, 11) is -5.24. The highest BCUT2D eigenvalue weighted by atomic mass is 32.3. The van der Waals surface area contributed by atoms with E-state index in [1.165, 1.54) is 0 Å². The van der Waals surface area contributed by atoms with Crippen molar-refractivity contribution < 1.29 is 28.8 Å². The molecule has 4 rings (SSSR count). The number of hydrogen-bond donors (Lipinski definition) is 1. The maximum Gasteiger partial charge on any atom is 0.397 e. The van der Waals surface area contributed by atoms with E-state index in [1.54, 1.807) is 0 Å². The fraction of sp³-hybridized carbons (Fsp3) is 0.947. The van der Waals surface area contributed by atoms with Gasteiger partial charge in [-0.05, 0) is 80.4 Å². The van der Waals surface area contributed by atoms with Crippen molar-refractivity contribution in [2.24, 2.45) is 34.5 Å². The summed E-state index contributed by atoms with van der Waals surface area (Å²) in [6.07, 6.45) is -4.84. The molecule has 0 unspecified atom stereocenters. The Morgan fingerprint density at radius 3 is 2.68 bits per heavy atom. The Labute approximate surface area is 157 Å². The van der Waals surface area contributed by atoms with Crippen LogP contribution in [0.3, 0.4) is 0 Å². The molecule has 4 aliphatic rings. The van der Waals surface area contributed by atoms with E-state index < -0.39 is 40.6 Å². The quantitative estimate of drug-likeness (QED) is 0.743. The first-order chi connectivity index (χ1) is 13.5. The molecule has 4 aliphatic carbocycles. The van der Waals surface area contributed by atoms with Crippen molar-refractivity contribution in [3.05, 3.63) is 0 Å². The monoisotopic (exact) mass is 375 g/mol. The van der Waals surface area contributed by atoms with Gasteiger partial charge in [-0.25, -0.2) is 4.18 Å². The number of Topliss-reactive ketones (excluding diaryl/α,β-unsaturated/α-hetero) is 1. The molecule has 5 nitrogen and oxygen atoms in total. The highest BCUT2D eigenvalue weighted by molar-refractivity contribution is 7.80. The lowest BCUT2D eigenvalue weighted by Gasteiger charge is -2.60. The third-order valence-corrected chi connectivity index (χ3v) is 8.08. The zero-order chi connectivity index (χ0) is 22.5. The Kier molecular flexibility index (Phi) is 2.96. The molecular weight excluding hydrogens is 340 g/mol. The number of fused-ring (bicyclic) bond motifs is 5. The molecular formula is C19H30O5S. The average Bonchev–Trinajstić information content (AvgIpc) is 2.87. The Morgan fingerprint density at radius 1 is 1.20 bits per heavy atom. The van der Waals surface area contributed by atoms with Crippen LogP contribution in [0.15, 0.2) is 0 Å². The van der Waals surface area contributed by atoms with Crippen molar-refractivity contribution in [1.82, 2.24) is 0 Å². The highest BCUT2D eigenvalue weighted by Crippen LogP contribution is 2.65. The zero-order valence-corrected chi connectivity index (χ0v) is 15.6. The molecule has 0 aromatic carbocycles. The van der Waals surface area contributed by atoms with Crippen LogP contribution in [0.5, 0.6) is 0 Å². The summed E-state index contributed by atoms with van der Waals surface area (Å²) < 4.78 is 79.1. The van der Waals surface area contributed by atoms with E-state index in [1.807, 2.05) is 13.8 Å². The second-order valence-electron chi connectivity index (χ2n) is 8.77. The minimum Gasteiger partial charge on any atom is -0.299 e. The van der Waals surface area contributed by atoms with Crippen LogP contribution in [0, 0.1) is 34.5 Å². The molecule has 1 N–H and O–H groups in total. The van der Waals surface area contributed by atoms with Crippen molar-refractivity contribution >= 4 is 16.2 Å². The molecule has 0 aliphatic heterocycles. The summed E-state index contributed by atoms with van der Waals surface area (Å²) in [5, 5.41) is 0. The van der Waals surface area contributed by atoms with Gasteiger partial charge in [-0.2, -0.15) is 8.42 Å². The van der Waals surface area contributed by atoms with Gasteiger partial charge < -0.3 is 0 Å². The standard InChI is InChI=1S/C19H30O5S/c1-18-9-7-13(24-25(21,22)23)11-12(18)3-4-14-15-5-6-17(20)19(15,2)10-8-16(14)18/h12-16H,3-11H2,1-2H3,(H,21,22,23)/t12-,13-,14+,15+,16+,18+,19+/m1/s1/i7D2,11D2,13D. The van der Waals surface area contributed by atoms with E-state index >= 15 is 0 Å². The molecule has 0 aromatic rings. The lowest BCUT2D eigenvalue weighted by atomic mass is 9.45. The van der Waals surface area contributed by atoms with Gasteiger partial charge in [0.25, 0.3) is 0 Å². The van der Waals surface area contributed by atoms with Crippen LogP contribution in [-0.2, 0) is 19.4 Å². The molecule has 0 aromatic heterocycles. The van der Waals surface area contributed by atoms with E-state index in [0.717, 1.165) is 6.42 Å². The maximum atomic E-state index is 12.5. The number of ketones is 1. The fourth-order valence-electron chi connectivity index (χ4n) is 6.36. The molecule has 142 valence electrons. The zero-order valence-electron chi connectivity index (χ0n) is 19.7. The molecule has 0 amide bonds. The van der Waals surface area contributed by atoms with Crippen LogP contribution in [0.4, 0.5) is 0 Å². The van der Waals surface area contributed by atoms with Crippen molar-refractivity contribution in [2.75, 3.05) is 0 Å². The summed E-state index contributed by atoms with van der Waals surface area (Å²) >= 11 is 0. The summed E-state index contributed by atoms with van der Waals surface area (Å²) in [6.45, 7) is 3.89. The summed E-state index contributed by atoms with van der Waals surface area (Å²) in [6, 6.07) is 0. The molecule has 7 atom stereocenters. The molecule has 0 radical (unpaired) electrons. The number of carbonyl (C=O) groups excluding carboxylic acids is 1. The Balaban J connectivity index is 1.76. The molecule has 4 saturated carbocycles. The largest absolute Gasteiger partial charge is 0.397 e. The lowest BCUT2D eigenvalue weighted by Crippen LogP contribution is -2.54. The first-order valence-corrected chi connectivity index (χ1v) is 10.6. The van der Waals surface area contributed by atoms with E-state index in [9.17, 15) is 13.2 Å². The van der Waals surface area contributed by atoms with Gasteiger partial charge in [0.15, 0.2) is 0 Å². The molecule has 0 saturated heterocycles. The molecule has 0 spiro atoms. The van der Waals surface area contributed by atoms with Gasteiger partial charge >= 0.3 is 10.4 Å². The van der Waals surface area contributed by atoms with E-state index in [-0.39, 0.29) is 29.6 Å². The fourth-order valence-corrected chi connectivity index (χ4v) is 6.67. The third kappa shape index (κ3) is 2.79. The van der Waals surface area contributed by atoms with Crippen molar-refractivity contribution in [2.45, 2.75) is 77.6 Å². The van der Waals surface area contributed by atoms with Crippen molar-refractivity contribution in [1.29, 1.82) is 0 Å². The molecule has 0 bridgehead atoms. The second-order valence-corrected chi connectivity index (χ2v) is 9.79. The van der Waals surface area contributed by atoms with Crippen LogP contribution < -0.4 is 0 Å². The number of carbonyl (C=O) groups is 1. The first kappa shape index (κ1) is 12.8. The van der Waals surface area contributed by atoms with Crippen LogP contribution in [0.25, 0.3) is 0 Å². The predicted molar refractivity (Wildman–Crippen MR) is 93.2 cm³/mol. The summed E-state index contributed by atoms with van der Waals surface area (Å²) in [5.74, 6) is -0.130. The van der Waals surface area contributed by atoms with Gasteiger partial charge in [-0.3, -0.25) is 9.35 Å². The van der Waals surface area contributed by atoms with Gasteiger partial charge in [-0.15, -0.1) is 0 Å². The number of rotatable bonds is 2. The topological polar surface area (TPSA) is 80.7 Å². The average molecular weight is 376 g/mol. The highest BCUT2D eigenvalue weighted by Gasteiger charge is 2.60. The lowest BCUT2D eigenvalue weighted by molar-refractivity contribution is -0.141. The summed E-state index contributed by atoms with van der Waals surface area (Å²) in [5.41, 5.74) is -1.17. The minimum atomic E-state index is -5.24. The van der Waals surface area contributed by atoms with Gasteiger partial charge in [0, 0.05) is 17.3 Å². The smallest absolute Gasteiger partial charge is 0.299 e. The second kappa shape index (κ2) is 5.77. The molecule has 6 heteroatoms. The Bertz CT molecular complexity index is 879. The van der Waals surface area contributed by atoms with Crippen LogP contribution in [0.1, 0.15) is 78.4 Å². The van der Waals surface area contributed by atoms with Crippen molar-refractivity contribution in [3.63, 3.8) is 0 Å². The Hall–Kier alpha value is -0.460. The van der Waals surface area contributed by atoms with E-state index in [2.05, 4.69) is 4.18 Å². The first-order valence-electron chi connectivity index (χ1n) is 11.7. The van der Waals surface area contributed by atoms with E-state index in [0.29, 0.717) is 37.9 Å². The van der Waals surface area contributed by atoms with Crippen LogP contribution in [0.2, 0.25) is 0 Å². The Morgan fingerprint density at radius 2 is 1.96 bits per heavy atom. The van der Waals surface area contributed by atoms with Gasteiger partial charge in [0.2, 0.25) is 0 Å². The van der Waals surface area contributed by atoms with Gasteiger partial charge in [-0.1, -0.05) is 13.8 Å². The van der Waals surface area contributed by atoms with Crippen molar-refractivity contribution in [3.8, 4) is 0 Å². The van der Waals surface area contributed by atoms with Crippen LogP contribution in [-0.4, -0.2) is 24.8 Å². The summed E-state index contributed by atoms with van der Waals surface area (Å²) in [4.78, 5) is 12.5. The maximum absolute atomic E-state index is 12.5. The normalized spacial score (nSPS) is 60.0. The van der Waals surface area contributed by atoms with Gasteiger partial charge in [0.1, 0.15) is 5.78 Å². The molecule has 0 heterocycles. The third-order valence-electron chi connectivity index (χ3n) is 7.70. The minimum absolute atomic E-state index is 0.0133. The van der Waals surface area contributed by atoms with Crippen LogP contribution >= 0.6 is 0 Å². The molecule has 4 fully saturated rings. The predicted octanol–water partition coefficient (Wildman–Crippen LogP) is 3.79. The number of hydrogen-bond acceptors (Lipinski definition) is 4. The molecule has 25 heavy (non-hydrogen) atoms. The van der Waals surface area contributed by atoms with E-state index in [4.69, 9.17) is 11.4 Å². The SMILES string of the molecule is [2H]C1([2H])C[C@@]2(C)[C@H](CC[C@@H]3[C@@H]2CC[C@]2(C)C(=O)CC[C@@H]32)C([2H])([2H])[C@]1([2H])OS(=O)(=O)O. The van der Waals surface area contributed by atoms with Gasteiger partial charge in [0.05, 0.1) is 7.45 Å².